The van der Waals surface area contributed by atoms with Crippen molar-refractivity contribution in [1.82, 2.24) is 15.3 Å². The number of hydrogen-bond donors (Lipinski definition) is 2. The Kier molecular flexibility index (Phi) is 5.72. The molecule has 0 saturated carbocycles. The van der Waals surface area contributed by atoms with Gasteiger partial charge in [0.2, 0.25) is 0 Å². The number of rotatable bonds is 5. The van der Waals surface area contributed by atoms with Crippen LogP contribution in [0.5, 0.6) is 0 Å². The molecule has 1 aromatic carbocycles. The van der Waals surface area contributed by atoms with E-state index >= 15 is 0 Å². The first-order valence-corrected chi connectivity index (χ1v) is 8.81. The second-order valence-corrected chi connectivity index (χ2v) is 6.58. The lowest BCUT2D eigenvalue weighted by atomic mass is 10.1. The van der Waals surface area contributed by atoms with E-state index in [9.17, 15) is 14.4 Å². The molecule has 2 amide bonds. The average molecular weight is 361 g/mol. The summed E-state index contributed by atoms with van der Waals surface area (Å²) in [5.74, 6) is -1.47. The van der Waals surface area contributed by atoms with Gasteiger partial charge in [-0.3, -0.25) is 14.6 Å². The highest BCUT2D eigenvalue weighted by atomic mass is 16.5. The summed E-state index contributed by atoms with van der Waals surface area (Å²) in [6, 6.07) is 8.62. The van der Waals surface area contributed by atoms with Crippen LogP contribution < -0.4 is 5.32 Å². The van der Waals surface area contributed by atoms with Crippen molar-refractivity contribution in [2.75, 3.05) is 13.1 Å². The van der Waals surface area contributed by atoms with Crippen LogP contribution in [0, 0.1) is 0 Å². The van der Waals surface area contributed by atoms with Crippen LogP contribution in [-0.4, -0.2) is 58.3 Å². The molecular formula is C18H23N3O5. The Labute approximate surface area is 151 Å². The smallest absolute Gasteiger partial charge is 0.408 e. The predicted octanol–water partition coefficient (Wildman–Crippen LogP) is 1.37. The summed E-state index contributed by atoms with van der Waals surface area (Å²) in [6.45, 7) is 0.378. The fourth-order valence-corrected chi connectivity index (χ4v) is 3.56. The molecule has 3 rings (SSSR count). The molecule has 0 aromatic heterocycles. The molecule has 0 radical (unpaired) electrons. The number of alkyl carbamates (subject to hydrolysis) is 1. The molecule has 0 aliphatic carbocycles. The zero-order chi connectivity index (χ0) is 18.5. The maximum absolute atomic E-state index is 12.8. The molecule has 8 heteroatoms. The van der Waals surface area contributed by atoms with Gasteiger partial charge in [-0.05, 0) is 31.2 Å². The normalized spacial score (nSPS) is 23.2. The average Bonchev–Trinajstić information content (AvgIpc) is 3.05. The lowest BCUT2D eigenvalue weighted by Gasteiger charge is -2.33. The van der Waals surface area contributed by atoms with Crippen LogP contribution >= 0.6 is 0 Å². The molecule has 2 aliphatic heterocycles. The monoisotopic (exact) mass is 361 g/mol. The third kappa shape index (κ3) is 4.32. The van der Waals surface area contributed by atoms with Crippen molar-refractivity contribution >= 4 is 18.0 Å². The molecule has 2 fully saturated rings. The third-order valence-corrected chi connectivity index (χ3v) is 4.79. The number of nitrogens with zero attached hydrogens (tertiary/aromatic N) is 2. The molecule has 2 saturated heterocycles. The Bertz CT molecular complexity index is 666. The number of carbonyl (C=O) groups is 3. The van der Waals surface area contributed by atoms with Gasteiger partial charge in [-0.1, -0.05) is 30.3 Å². The topological polar surface area (TPSA) is 99.2 Å². The number of carboxylic acids is 1. The van der Waals surface area contributed by atoms with E-state index in [4.69, 9.17) is 9.84 Å². The minimum Gasteiger partial charge on any atom is -0.480 e. The fraction of sp³-hybridized carbons (Fsp3) is 0.500. The fourth-order valence-electron chi connectivity index (χ4n) is 3.56. The highest BCUT2D eigenvalue weighted by Gasteiger charge is 2.40. The predicted molar refractivity (Wildman–Crippen MR) is 91.9 cm³/mol. The number of aliphatic carboxylic acids is 1. The highest BCUT2D eigenvalue weighted by Crippen LogP contribution is 2.27. The SMILES string of the molecule is O=C(O)CN1C(=O)[C@@H](NC(=O)OCc2ccccc2)CC[C@@H]2CCCN21. The number of carboxylic acid groups (broad SMARTS) is 1. The van der Waals surface area contributed by atoms with Crippen molar-refractivity contribution in [2.24, 2.45) is 0 Å². The van der Waals surface area contributed by atoms with Gasteiger partial charge in [-0.2, -0.15) is 0 Å². The summed E-state index contributed by atoms with van der Waals surface area (Å²) in [5.41, 5.74) is 0.850. The first-order valence-electron chi connectivity index (χ1n) is 8.81. The molecule has 140 valence electrons. The van der Waals surface area contributed by atoms with Crippen LogP contribution in [0.4, 0.5) is 4.79 Å². The quantitative estimate of drug-likeness (QED) is 0.822. The Morgan fingerprint density at radius 1 is 1.19 bits per heavy atom. The zero-order valence-electron chi connectivity index (χ0n) is 14.5. The summed E-state index contributed by atoms with van der Waals surface area (Å²) in [7, 11) is 0. The standard InChI is InChI=1S/C18H23N3O5/c22-16(23)11-21-17(24)15(9-8-14-7-4-10-20(14)21)19-18(25)26-12-13-5-2-1-3-6-13/h1-3,5-6,14-15H,4,7-12H2,(H,19,25)(H,22,23)/t14-,15-/m0/s1. The molecule has 26 heavy (non-hydrogen) atoms. The van der Waals surface area contributed by atoms with Gasteiger partial charge < -0.3 is 15.2 Å². The Balaban J connectivity index is 1.62. The number of hydrazine groups is 1. The summed E-state index contributed by atoms with van der Waals surface area (Å²) >= 11 is 0. The van der Waals surface area contributed by atoms with Gasteiger partial charge in [0.25, 0.3) is 5.91 Å². The molecule has 2 aliphatic rings. The molecule has 0 bridgehead atoms. The van der Waals surface area contributed by atoms with Crippen molar-refractivity contribution in [3.63, 3.8) is 0 Å². The van der Waals surface area contributed by atoms with E-state index in [1.165, 1.54) is 5.01 Å². The Morgan fingerprint density at radius 2 is 1.96 bits per heavy atom. The van der Waals surface area contributed by atoms with Gasteiger partial charge in [-0.15, -0.1) is 0 Å². The number of amides is 2. The first kappa shape index (κ1) is 18.2. The zero-order valence-corrected chi connectivity index (χ0v) is 14.5. The Hall–Kier alpha value is -2.61. The van der Waals surface area contributed by atoms with Crippen LogP contribution in [0.3, 0.4) is 0 Å². The Morgan fingerprint density at radius 3 is 2.69 bits per heavy atom. The van der Waals surface area contributed by atoms with Crippen molar-refractivity contribution in [2.45, 2.75) is 44.4 Å². The number of nitrogens with one attached hydrogen (secondary N) is 1. The van der Waals surface area contributed by atoms with Gasteiger partial charge in [-0.25, -0.2) is 9.80 Å². The number of benzene rings is 1. The summed E-state index contributed by atoms with van der Waals surface area (Å²) in [5, 5.41) is 14.9. The third-order valence-electron chi connectivity index (χ3n) is 4.79. The largest absolute Gasteiger partial charge is 0.480 e. The molecule has 2 heterocycles. The maximum atomic E-state index is 12.8. The van der Waals surface area contributed by atoms with E-state index < -0.39 is 30.6 Å². The van der Waals surface area contributed by atoms with Crippen molar-refractivity contribution in [3.05, 3.63) is 35.9 Å². The summed E-state index contributed by atoms with van der Waals surface area (Å²) < 4.78 is 5.18. The second-order valence-electron chi connectivity index (χ2n) is 6.58. The molecule has 0 spiro atoms. The number of ether oxygens (including phenoxy) is 1. The highest BCUT2D eigenvalue weighted by molar-refractivity contribution is 5.88. The minimum atomic E-state index is -1.07. The van der Waals surface area contributed by atoms with E-state index in [1.807, 2.05) is 35.3 Å². The molecule has 0 unspecified atom stereocenters. The van der Waals surface area contributed by atoms with E-state index in [2.05, 4.69) is 5.32 Å². The first-order chi connectivity index (χ1) is 12.5. The number of fused-ring (bicyclic) bond motifs is 1. The van der Waals surface area contributed by atoms with Crippen LogP contribution in [0.25, 0.3) is 0 Å². The van der Waals surface area contributed by atoms with E-state index in [0.29, 0.717) is 13.0 Å². The number of hydrogen-bond acceptors (Lipinski definition) is 5. The van der Waals surface area contributed by atoms with Gasteiger partial charge in [0.1, 0.15) is 19.2 Å². The van der Waals surface area contributed by atoms with Gasteiger partial charge in [0, 0.05) is 12.6 Å². The van der Waals surface area contributed by atoms with Gasteiger partial charge >= 0.3 is 12.1 Å². The van der Waals surface area contributed by atoms with Crippen LogP contribution in [0.15, 0.2) is 30.3 Å². The van der Waals surface area contributed by atoms with Crippen LogP contribution in [-0.2, 0) is 20.9 Å². The summed E-state index contributed by atoms with van der Waals surface area (Å²) in [6.07, 6.45) is 2.38. The molecule has 8 nitrogen and oxygen atoms in total. The summed E-state index contributed by atoms with van der Waals surface area (Å²) in [4.78, 5) is 36.0. The second kappa shape index (κ2) is 8.18. The van der Waals surface area contributed by atoms with Crippen molar-refractivity contribution in [1.29, 1.82) is 0 Å². The van der Waals surface area contributed by atoms with Gasteiger partial charge in [0.05, 0.1) is 0 Å². The molecule has 1 aromatic rings. The van der Waals surface area contributed by atoms with Crippen molar-refractivity contribution in [3.8, 4) is 0 Å². The molecule has 2 N–H and O–H groups in total. The van der Waals surface area contributed by atoms with Crippen LogP contribution in [0.2, 0.25) is 0 Å². The van der Waals surface area contributed by atoms with E-state index in [-0.39, 0.29) is 12.6 Å². The van der Waals surface area contributed by atoms with E-state index in [0.717, 1.165) is 24.8 Å². The number of carbonyl (C=O) groups excluding carboxylic acids is 2. The lowest BCUT2D eigenvalue weighted by molar-refractivity contribution is -0.160. The lowest BCUT2D eigenvalue weighted by Crippen LogP contribution is -2.54. The van der Waals surface area contributed by atoms with Crippen molar-refractivity contribution < 1.29 is 24.2 Å². The molecular weight excluding hydrogens is 338 g/mol. The maximum Gasteiger partial charge on any atom is 0.408 e. The van der Waals surface area contributed by atoms with Gasteiger partial charge in [0.15, 0.2) is 0 Å². The molecule has 2 atom stereocenters. The van der Waals surface area contributed by atoms with E-state index in [1.54, 1.807) is 0 Å². The van der Waals surface area contributed by atoms with Crippen LogP contribution in [0.1, 0.15) is 31.2 Å². The minimum absolute atomic E-state index is 0.112.